The molecule has 60 heavy (non-hydrogen) atoms. The minimum atomic E-state index is -3.58. The standard InChI is InChI=1S/C54H41NO3P2/c56-59(47-25-11-3-12-26-47,48-27-13-4-14-28-48)53-34-20-19-33-51(53)58-52-40-37-43(41-54(52)60(57,49-29-15-5-16-30-49)50-31-17-6-18-32-50)42-35-38-46(39-36-42)55(44-21-7-1-8-22-44)45-23-9-2-10-24-45/h1-41H. The van der Waals surface area contributed by atoms with Gasteiger partial charge in [0.2, 0.25) is 0 Å². The summed E-state index contributed by atoms with van der Waals surface area (Å²) in [6.07, 6.45) is 0. The maximum atomic E-state index is 16.3. The number of hydrogen-bond donors (Lipinski definition) is 0. The SMILES string of the molecule is O=P(c1ccccc1)(c1ccccc1)c1ccccc1Oc1ccc(-c2ccc(N(c3ccccc3)c3ccccc3)cc2)cc1P(=O)(c1ccccc1)c1ccccc1. The van der Waals surface area contributed by atoms with Gasteiger partial charge in [-0.15, -0.1) is 0 Å². The average Bonchev–Trinajstić information content (AvgIpc) is 3.33. The normalized spacial score (nSPS) is 11.5. The molecule has 0 unspecified atom stereocenters. The van der Waals surface area contributed by atoms with Crippen molar-refractivity contribution >= 4 is 63.2 Å². The molecule has 0 aliphatic carbocycles. The molecule has 9 rings (SSSR count). The Labute approximate surface area is 351 Å². The molecule has 0 saturated heterocycles. The average molecular weight is 814 g/mol. The van der Waals surface area contributed by atoms with E-state index in [-0.39, 0.29) is 0 Å². The lowest BCUT2D eigenvalue weighted by Gasteiger charge is -2.26. The van der Waals surface area contributed by atoms with Gasteiger partial charge in [0.1, 0.15) is 11.5 Å². The molecule has 0 spiro atoms. The summed E-state index contributed by atoms with van der Waals surface area (Å²) in [4.78, 5) is 2.23. The van der Waals surface area contributed by atoms with Gasteiger partial charge in [-0.25, -0.2) is 0 Å². The lowest BCUT2D eigenvalue weighted by molar-refractivity contribution is 0.489. The molecule has 0 atom stereocenters. The second-order valence-electron chi connectivity index (χ2n) is 14.4. The number of anilines is 3. The van der Waals surface area contributed by atoms with Crippen LogP contribution in [0.5, 0.6) is 11.5 Å². The second-order valence-corrected chi connectivity index (χ2v) is 19.8. The minimum absolute atomic E-state index is 0.422. The lowest BCUT2D eigenvalue weighted by Crippen LogP contribution is -2.28. The van der Waals surface area contributed by atoms with Crippen LogP contribution in [0.1, 0.15) is 0 Å². The Kier molecular flexibility index (Phi) is 11.0. The molecular weight excluding hydrogens is 773 g/mol. The molecule has 0 saturated carbocycles. The predicted octanol–water partition coefficient (Wildman–Crippen LogP) is 11.9. The van der Waals surface area contributed by atoms with Crippen LogP contribution in [0.15, 0.2) is 249 Å². The van der Waals surface area contributed by atoms with Crippen molar-refractivity contribution in [3.63, 3.8) is 0 Å². The Morgan fingerprint density at radius 2 is 0.633 bits per heavy atom. The number of benzene rings is 9. The molecule has 9 aromatic carbocycles. The summed E-state index contributed by atoms with van der Waals surface area (Å²) in [7, 11) is -7.01. The highest BCUT2D eigenvalue weighted by molar-refractivity contribution is 7.86. The Morgan fingerprint density at radius 3 is 1.08 bits per heavy atom. The zero-order valence-electron chi connectivity index (χ0n) is 32.7. The quantitative estimate of drug-likeness (QED) is 0.115. The number of nitrogens with zero attached hydrogens (tertiary/aromatic N) is 1. The van der Waals surface area contributed by atoms with Gasteiger partial charge >= 0.3 is 0 Å². The summed E-state index contributed by atoms with van der Waals surface area (Å²) in [6.45, 7) is 0. The molecule has 9 aromatic rings. The summed E-state index contributed by atoms with van der Waals surface area (Å²) in [5.41, 5.74) is 4.95. The van der Waals surface area contributed by atoms with Crippen molar-refractivity contribution in [3.05, 3.63) is 249 Å². The zero-order valence-corrected chi connectivity index (χ0v) is 34.5. The highest BCUT2D eigenvalue weighted by Crippen LogP contribution is 2.49. The van der Waals surface area contributed by atoms with Crippen molar-refractivity contribution < 1.29 is 13.9 Å². The monoisotopic (exact) mass is 813 g/mol. The van der Waals surface area contributed by atoms with E-state index in [4.69, 9.17) is 4.74 Å². The highest BCUT2D eigenvalue weighted by atomic mass is 31.2. The third kappa shape index (κ3) is 7.44. The van der Waals surface area contributed by atoms with Gasteiger partial charge in [0, 0.05) is 38.3 Å². The molecule has 0 fully saturated rings. The molecule has 0 aromatic heterocycles. The van der Waals surface area contributed by atoms with E-state index in [1.165, 1.54) is 0 Å². The van der Waals surface area contributed by atoms with Crippen LogP contribution in [0.2, 0.25) is 0 Å². The van der Waals surface area contributed by atoms with Crippen LogP contribution < -0.4 is 41.5 Å². The van der Waals surface area contributed by atoms with Gasteiger partial charge in [-0.2, -0.15) is 0 Å². The predicted molar refractivity (Wildman–Crippen MR) is 252 cm³/mol. The summed E-state index contributed by atoms with van der Waals surface area (Å²) in [5.74, 6) is 0.854. The third-order valence-corrected chi connectivity index (χ3v) is 16.9. The van der Waals surface area contributed by atoms with Crippen molar-refractivity contribution in [2.24, 2.45) is 0 Å². The molecule has 0 bridgehead atoms. The summed E-state index contributed by atoms with van der Waals surface area (Å²) in [6, 6.07) is 80.9. The Morgan fingerprint density at radius 1 is 0.300 bits per heavy atom. The van der Waals surface area contributed by atoms with E-state index >= 15 is 9.13 Å². The van der Waals surface area contributed by atoms with Crippen molar-refractivity contribution in [2.75, 3.05) is 4.90 Å². The maximum Gasteiger partial charge on any atom is 0.174 e. The van der Waals surface area contributed by atoms with E-state index < -0.39 is 14.3 Å². The zero-order chi connectivity index (χ0) is 40.8. The topological polar surface area (TPSA) is 46.6 Å². The Hall–Kier alpha value is -6.96. The van der Waals surface area contributed by atoms with E-state index in [1.54, 1.807) is 0 Å². The molecule has 6 heteroatoms. The van der Waals surface area contributed by atoms with Crippen LogP contribution in [-0.4, -0.2) is 0 Å². The van der Waals surface area contributed by atoms with Gasteiger partial charge in [-0.05, 0) is 71.8 Å². The first kappa shape index (κ1) is 38.6. The van der Waals surface area contributed by atoms with E-state index in [1.807, 2.05) is 200 Å². The molecular formula is C54H41NO3P2. The van der Waals surface area contributed by atoms with Crippen LogP contribution in [-0.2, 0) is 9.13 Å². The van der Waals surface area contributed by atoms with Crippen LogP contribution in [0, 0.1) is 0 Å². The summed E-state index contributed by atoms with van der Waals surface area (Å²) < 4.78 is 39.0. The highest BCUT2D eigenvalue weighted by Gasteiger charge is 2.36. The van der Waals surface area contributed by atoms with Crippen molar-refractivity contribution in [3.8, 4) is 22.6 Å². The Bertz CT molecular complexity index is 2800. The van der Waals surface area contributed by atoms with E-state index in [2.05, 4.69) is 53.4 Å². The maximum absolute atomic E-state index is 16.3. The van der Waals surface area contributed by atoms with Crippen LogP contribution in [0.4, 0.5) is 17.1 Å². The van der Waals surface area contributed by atoms with Crippen molar-refractivity contribution in [1.29, 1.82) is 0 Å². The third-order valence-electron chi connectivity index (χ3n) is 10.7. The molecule has 0 aliphatic rings. The number of ether oxygens (including phenoxy) is 1. The smallest absolute Gasteiger partial charge is 0.174 e. The van der Waals surface area contributed by atoms with E-state index in [0.717, 1.165) is 28.2 Å². The first-order valence-electron chi connectivity index (χ1n) is 19.9. The lowest BCUT2D eigenvalue weighted by atomic mass is 10.0. The molecule has 290 valence electrons. The van der Waals surface area contributed by atoms with Gasteiger partial charge in [0.05, 0.1) is 10.6 Å². The molecule has 0 aliphatic heterocycles. The Balaban J connectivity index is 1.21. The first-order chi connectivity index (χ1) is 29.5. The largest absolute Gasteiger partial charge is 0.456 e. The van der Waals surface area contributed by atoms with E-state index in [9.17, 15) is 0 Å². The molecule has 0 heterocycles. The van der Waals surface area contributed by atoms with Crippen LogP contribution in [0.3, 0.4) is 0 Å². The number of para-hydroxylation sites is 3. The summed E-state index contributed by atoms with van der Waals surface area (Å²) in [5, 5.41) is 3.86. The number of rotatable bonds is 12. The van der Waals surface area contributed by atoms with Gasteiger partial charge in [-0.1, -0.05) is 188 Å². The van der Waals surface area contributed by atoms with Crippen LogP contribution in [0.25, 0.3) is 11.1 Å². The van der Waals surface area contributed by atoms with Gasteiger partial charge in [0.15, 0.2) is 14.3 Å². The fraction of sp³-hybridized carbons (Fsp3) is 0. The van der Waals surface area contributed by atoms with Gasteiger partial charge in [0.25, 0.3) is 0 Å². The van der Waals surface area contributed by atoms with E-state index in [0.29, 0.717) is 43.3 Å². The fourth-order valence-corrected chi connectivity index (χ4v) is 13.3. The van der Waals surface area contributed by atoms with Crippen molar-refractivity contribution in [2.45, 2.75) is 0 Å². The number of hydrogen-bond acceptors (Lipinski definition) is 4. The van der Waals surface area contributed by atoms with Gasteiger partial charge in [-0.3, -0.25) is 0 Å². The molecule has 0 amide bonds. The van der Waals surface area contributed by atoms with Gasteiger partial charge < -0.3 is 18.8 Å². The van der Waals surface area contributed by atoms with Crippen LogP contribution >= 0.6 is 14.3 Å². The minimum Gasteiger partial charge on any atom is -0.456 e. The first-order valence-corrected chi connectivity index (χ1v) is 23.3. The molecule has 0 N–H and O–H groups in total. The molecule has 4 nitrogen and oxygen atoms in total. The molecule has 0 radical (unpaired) electrons. The summed E-state index contributed by atoms with van der Waals surface area (Å²) >= 11 is 0. The second kappa shape index (κ2) is 17.1. The van der Waals surface area contributed by atoms with Crippen molar-refractivity contribution in [1.82, 2.24) is 0 Å². The fourth-order valence-electron chi connectivity index (χ4n) is 7.76.